The van der Waals surface area contributed by atoms with Gasteiger partial charge in [-0.05, 0) is 5.75 Å². The second kappa shape index (κ2) is 5.74. The Morgan fingerprint density at radius 1 is 1.38 bits per heavy atom. The van der Waals surface area contributed by atoms with Crippen LogP contribution in [0.2, 0.25) is 0 Å². The van der Waals surface area contributed by atoms with E-state index in [0.717, 1.165) is 10.1 Å². The maximum absolute atomic E-state index is 12.3. The topological polar surface area (TPSA) is 101 Å². The average molecular weight is 327 g/mol. The van der Waals surface area contributed by atoms with E-state index in [-0.39, 0.29) is 5.91 Å². The largest absolute Gasteiger partial charge is 0.481 e. The molecule has 0 saturated carbocycles. The molecular formula is C12H13N3O4S2. The lowest BCUT2D eigenvalue weighted by Crippen LogP contribution is -2.39. The van der Waals surface area contributed by atoms with Crippen LogP contribution in [-0.2, 0) is 14.3 Å². The van der Waals surface area contributed by atoms with Crippen LogP contribution in [-0.4, -0.2) is 45.1 Å². The van der Waals surface area contributed by atoms with Crippen molar-refractivity contribution in [2.24, 2.45) is 11.8 Å². The van der Waals surface area contributed by atoms with Crippen LogP contribution < -0.4 is 5.32 Å². The molecule has 0 aliphatic carbocycles. The molecule has 1 saturated heterocycles. The predicted octanol–water partition coefficient (Wildman–Crippen LogP) is 1.24. The summed E-state index contributed by atoms with van der Waals surface area (Å²) in [4.78, 5) is 23.7. The van der Waals surface area contributed by atoms with Crippen LogP contribution in [0.3, 0.4) is 0 Å². The Kier molecular flexibility index (Phi) is 3.96. The van der Waals surface area contributed by atoms with Crippen LogP contribution in [0.1, 0.15) is 6.92 Å². The first-order chi connectivity index (χ1) is 10.1. The Bertz CT molecular complexity index is 603. The summed E-state index contributed by atoms with van der Waals surface area (Å²) in [5.74, 6) is -2.12. The van der Waals surface area contributed by atoms with E-state index in [2.05, 4.69) is 15.5 Å². The van der Waals surface area contributed by atoms with Crippen LogP contribution in [0.4, 0.5) is 5.13 Å². The SMILES string of the molecule is CCSc1nnc(NC(=O)[C@@H]2[C@@H](C(=O)O)[C@H]3C=C[C@H]2O3)s1. The number of carboxylic acids is 1. The minimum absolute atomic E-state index is 0.381. The Hall–Kier alpha value is -1.45. The van der Waals surface area contributed by atoms with Crippen LogP contribution in [0, 0.1) is 11.8 Å². The lowest BCUT2D eigenvalue weighted by atomic mass is 9.82. The molecule has 1 aromatic rings. The zero-order chi connectivity index (χ0) is 15.0. The van der Waals surface area contributed by atoms with Crippen molar-refractivity contribution in [1.29, 1.82) is 0 Å². The summed E-state index contributed by atoms with van der Waals surface area (Å²) < 4.78 is 6.24. The van der Waals surface area contributed by atoms with Crippen molar-refractivity contribution in [3.8, 4) is 0 Å². The Labute approximate surface area is 128 Å². The molecule has 7 nitrogen and oxygen atoms in total. The maximum Gasteiger partial charge on any atom is 0.310 e. The summed E-state index contributed by atoms with van der Waals surface area (Å²) >= 11 is 2.81. The highest BCUT2D eigenvalue weighted by Crippen LogP contribution is 2.40. The quantitative estimate of drug-likeness (QED) is 0.476. The number of hydrogen-bond acceptors (Lipinski definition) is 7. The van der Waals surface area contributed by atoms with Gasteiger partial charge < -0.3 is 15.2 Å². The molecule has 2 aliphatic rings. The van der Waals surface area contributed by atoms with Gasteiger partial charge >= 0.3 is 5.97 Å². The number of carboxylic acid groups (broad SMARTS) is 1. The highest BCUT2D eigenvalue weighted by Gasteiger charge is 2.53. The van der Waals surface area contributed by atoms with E-state index in [9.17, 15) is 14.7 Å². The summed E-state index contributed by atoms with van der Waals surface area (Å²) in [6.07, 6.45) is 2.44. The van der Waals surface area contributed by atoms with Crippen molar-refractivity contribution in [2.45, 2.75) is 23.5 Å². The van der Waals surface area contributed by atoms with Crippen molar-refractivity contribution < 1.29 is 19.4 Å². The number of ether oxygens (including phenoxy) is 1. The van der Waals surface area contributed by atoms with Gasteiger partial charge in [0.05, 0.1) is 18.1 Å². The fraction of sp³-hybridized carbons (Fsp3) is 0.500. The third-order valence-electron chi connectivity index (χ3n) is 3.39. The standard InChI is InChI=1S/C12H13N3O4S2/c1-2-20-12-15-14-11(21-12)13-9(16)7-5-3-4-6(19-5)8(7)10(17)18/h3-8H,2H2,1H3,(H,17,18)(H,13,14,16)/t5-,6-,7+,8+/m1/s1. The highest BCUT2D eigenvalue weighted by molar-refractivity contribution is 8.01. The van der Waals surface area contributed by atoms with Crippen LogP contribution >= 0.6 is 23.1 Å². The van der Waals surface area contributed by atoms with Crippen LogP contribution in [0.15, 0.2) is 16.5 Å². The summed E-state index contributed by atoms with van der Waals surface area (Å²) in [5.41, 5.74) is 0. The van der Waals surface area contributed by atoms with E-state index in [1.54, 1.807) is 12.2 Å². The van der Waals surface area contributed by atoms with Gasteiger partial charge in [-0.1, -0.05) is 42.2 Å². The lowest BCUT2D eigenvalue weighted by Gasteiger charge is -2.20. The molecule has 112 valence electrons. The zero-order valence-electron chi connectivity index (χ0n) is 11.1. The summed E-state index contributed by atoms with van der Waals surface area (Å²) in [5, 5.41) is 20.1. The average Bonchev–Trinajstić information content (AvgIpc) is 3.13. The van der Waals surface area contributed by atoms with Gasteiger partial charge in [0.15, 0.2) is 4.34 Å². The third-order valence-corrected chi connectivity index (χ3v) is 5.25. The molecule has 3 heterocycles. The van der Waals surface area contributed by atoms with E-state index in [1.165, 1.54) is 23.1 Å². The highest BCUT2D eigenvalue weighted by atomic mass is 32.2. The smallest absolute Gasteiger partial charge is 0.310 e. The van der Waals surface area contributed by atoms with Crippen molar-refractivity contribution in [1.82, 2.24) is 10.2 Å². The number of carbonyl (C=O) groups excluding carboxylic acids is 1. The first kappa shape index (κ1) is 14.5. The van der Waals surface area contributed by atoms with E-state index >= 15 is 0 Å². The van der Waals surface area contributed by atoms with E-state index in [1.807, 2.05) is 6.92 Å². The van der Waals surface area contributed by atoms with Crippen molar-refractivity contribution in [2.75, 3.05) is 11.1 Å². The molecule has 1 fully saturated rings. The van der Waals surface area contributed by atoms with Gasteiger partial charge in [0.2, 0.25) is 11.0 Å². The molecule has 0 radical (unpaired) electrons. The molecule has 2 bridgehead atoms. The van der Waals surface area contributed by atoms with Crippen LogP contribution in [0.25, 0.3) is 0 Å². The summed E-state index contributed by atoms with van der Waals surface area (Å²) in [6.45, 7) is 2.00. The number of aliphatic carboxylic acids is 1. The van der Waals surface area contributed by atoms with Crippen molar-refractivity contribution in [3.63, 3.8) is 0 Å². The molecule has 1 amide bonds. The number of nitrogens with zero attached hydrogens (tertiary/aromatic N) is 2. The van der Waals surface area contributed by atoms with E-state index in [0.29, 0.717) is 5.13 Å². The number of thioether (sulfide) groups is 1. The first-order valence-corrected chi connectivity index (χ1v) is 8.24. The number of amides is 1. The molecule has 21 heavy (non-hydrogen) atoms. The number of anilines is 1. The first-order valence-electron chi connectivity index (χ1n) is 6.44. The van der Waals surface area contributed by atoms with Crippen molar-refractivity contribution >= 4 is 40.1 Å². The molecule has 4 atom stereocenters. The zero-order valence-corrected chi connectivity index (χ0v) is 12.7. The third kappa shape index (κ3) is 2.68. The molecule has 1 aromatic heterocycles. The Morgan fingerprint density at radius 3 is 2.76 bits per heavy atom. The van der Waals surface area contributed by atoms with Crippen molar-refractivity contribution in [3.05, 3.63) is 12.2 Å². The molecule has 3 rings (SSSR count). The van der Waals surface area contributed by atoms with Gasteiger partial charge in [-0.3, -0.25) is 9.59 Å². The molecule has 0 spiro atoms. The summed E-state index contributed by atoms with van der Waals surface area (Å²) in [7, 11) is 0. The van der Waals surface area contributed by atoms with Gasteiger partial charge in [0, 0.05) is 0 Å². The second-order valence-electron chi connectivity index (χ2n) is 4.64. The number of fused-ring (bicyclic) bond motifs is 2. The van der Waals surface area contributed by atoms with Crippen LogP contribution in [0.5, 0.6) is 0 Å². The second-order valence-corrected chi connectivity index (χ2v) is 7.12. The molecular weight excluding hydrogens is 314 g/mol. The fourth-order valence-corrected chi connectivity index (χ4v) is 4.20. The Balaban J connectivity index is 1.72. The monoisotopic (exact) mass is 327 g/mol. The molecule has 9 heteroatoms. The maximum atomic E-state index is 12.3. The van der Waals surface area contributed by atoms with Gasteiger partial charge in [-0.2, -0.15) is 0 Å². The predicted molar refractivity (Wildman–Crippen MR) is 77.4 cm³/mol. The molecule has 2 aliphatic heterocycles. The van der Waals surface area contributed by atoms with E-state index in [4.69, 9.17) is 4.74 Å². The number of nitrogens with one attached hydrogen (secondary N) is 1. The van der Waals surface area contributed by atoms with Gasteiger partial charge in [-0.15, -0.1) is 10.2 Å². The number of carbonyl (C=O) groups is 2. The summed E-state index contributed by atoms with van der Waals surface area (Å²) in [6, 6.07) is 0. The molecule has 2 N–H and O–H groups in total. The number of aromatic nitrogens is 2. The van der Waals surface area contributed by atoms with Gasteiger partial charge in [0.25, 0.3) is 0 Å². The number of rotatable bonds is 5. The minimum Gasteiger partial charge on any atom is -0.481 e. The fourth-order valence-electron chi connectivity index (χ4n) is 2.55. The van der Waals surface area contributed by atoms with Gasteiger partial charge in [-0.25, -0.2) is 0 Å². The Morgan fingerprint density at radius 2 is 2.10 bits per heavy atom. The minimum atomic E-state index is -1.02. The normalized spacial score (nSPS) is 29.8. The molecule has 0 aromatic carbocycles. The number of hydrogen-bond donors (Lipinski definition) is 2. The van der Waals surface area contributed by atoms with E-state index < -0.39 is 30.0 Å². The lowest BCUT2D eigenvalue weighted by molar-refractivity contribution is -0.145. The van der Waals surface area contributed by atoms with Gasteiger partial charge in [0.1, 0.15) is 5.92 Å². The molecule has 0 unspecified atom stereocenters.